The van der Waals surface area contributed by atoms with Crippen molar-refractivity contribution >= 4 is 34.4 Å². The lowest BCUT2D eigenvalue weighted by atomic mass is 10.1. The van der Waals surface area contributed by atoms with Crippen molar-refractivity contribution in [3.63, 3.8) is 0 Å². The van der Waals surface area contributed by atoms with Gasteiger partial charge in [0.2, 0.25) is 4.77 Å². The third-order valence-electron chi connectivity index (χ3n) is 3.26. The Morgan fingerprint density at radius 3 is 2.74 bits per heavy atom. The molecular weight excluding hydrogens is 376 g/mol. The molecule has 0 amide bonds. The maximum absolute atomic E-state index is 9.88. The van der Waals surface area contributed by atoms with Crippen LogP contribution in [0, 0.1) is 11.7 Å². The summed E-state index contributed by atoms with van der Waals surface area (Å²) in [5.41, 5.74) is 2.65. The Labute approximate surface area is 146 Å². The molecule has 0 radical (unpaired) electrons. The highest BCUT2D eigenvalue weighted by Gasteiger charge is 2.08. The maximum atomic E-state index is 9.88. The van der Waals surface area contributed by atoms with Crippen molar-refractivity contribution in [3.8, 4) is 17.1 Å². The van der Waals surface area contributed by atoms with Crippen LogP contribution in [0.25, 0.3) is 11.4 Å². The number of hydrogen-bond donors (Lipinski definition) is 2. The van der Waals surface area contributed by atoms with Crippen LogP contribution in [0.5, 0.6) is 5.75 Å². The van der Waals surface area contributed by atoms with Gasteiger partial charge in [-0.15, -0.1) is 0 Å². The lowest BCUT2D eigenvalue weighted by molar-refractivity contribution is 0.474. The van der Waals surface area contributed by atoms with Gasteiger partial charge in [0.15, 0.2) is 5.82 Å². The molecule has 7 heteroatoms. The standard InChI is InChI=1S/C16H13BrN4OS/c1-10-2-4-11(5-3-10)15-19-20-16(23)21(15)18-9-12-8-13(17)6-7-14(12)22/h2-9,22H,1H3,(H,20,23)/b18-9+. The molecule has 0 bridgehead atoms. The fraction of sp³-hybridized carbons (Fsp3) is 0.0625. The van der Waals surface area contributed by atoms with Gasteiger partial charge in [-0.2, -0.15) is 14.9 Å². The number of benzene rings is 2. The first-order chi connectivity index (χ1) is 11.0. The Morgan fingerprint density at radius 1 is 1.26 bits per heavy atom. The lowest BCUT2D eigenvalue weighted by Crippen LogP contribution is -1.95. The number of H-pyrrole nitrogens is 1. The number of rotatable bonds is 3. The fourth-order valence-electron chi connectivity index (χ4n) is 2.04. The molecule has 2 N–H and O–H groups in total. The summed E-state index contributed by atoms with van der Waals surface area (Å²) < 4.78 is 2.76. The predicted molar refractivity (Wildman–Crippen MR) is 96.4 cm³/mol. The molecular formula is C16H13BrN4OS. The molecule has 0 atom stereocenters. The fourth-order valence-corrected chi connectivity index (χ4v) is 2.60. The van der Waals surface area contributed by atoms with Crippen LogP contribution < -0.4 is 0 Å². The van der Waals surface area contributed by atoms with Crippen LogP contribution >= 0.6 is 28.1 Å². The Hall–Kier alpha value is -2.25. The van der Waals surface area contributed by atoms with Crippen LogP contribution in [-0.4, -0.2) is 26.2 Å². The van der Waals surface area contributed by atoms with Crippen LogP contribution in [0.1, 0.15) is 11.1 Å². The van der Waals surface area contributed by atoms with E-state index in [0.29, 0.717) is 16.2 Å². The van der Waals surface area contributed by atoms with E-state index in [2.05, 4.69) is 31.2 Å². The summed E-state index contributed by atoms with van der Waals surface area (Å²) in [7, 11) is 0. The Kier molecular flexibility index (Phi) is 4.40. The summed E-state index contributed by atoms with van der Waals surface area (Å²) in [5, 5.41) is 21.2. The molecule has 23 heavy (non-hydrogen) atoms. The average Bonchev–Trinajstić information content (AvgIpc) is 2.90. The third kappa shape index (κ3) is 3.40. The van der Waals surface area contributed by atoms with Crippen LogP contribution in [0.3, 0.4) is 0 Å². The van der Waals surface area contributed by atoms with E-state index in [1.807, 2.05) is 31.2 Å². The minimum atomic E-state index is 0.142. The van der Waals surface area contributed by atoms with E-state index < -0.39 is 0 Å². The summed E-state index contributed by atoms with van der Waals surface area (Å²) in [6.45, 7) is 2.02. The zero-order chi connectivity index (χ0) is 16.4. The van der Waals surface area contributed by atoms with Gasteiger partial charge in [-0.3, -0.25) is 0 Å². The number of aromatic nitrogens is 3. The highest BCUT2D eigenvalue weighted by molar-refractivity contribution is 9.10. The monoisotopic (exact) mass is 388 g/mol. The number of hydrogen-bond acceptors (Lipinski definition) is 4. The van der Waals surface area contributed by atoms with E-state index in [4.69, 9.17) is 12.2 Å². The summed E-state index contributed by atoms with van der Waals surface area (Å²) in [5.74, 6) is 0.754. The van der Waals surface area contributed by atoms with Gasteiger partial charge in [0.25, 0.3) is 0 Å². The molecule has 2 aromatic carbocycles. The SMILES string of the molecule is Cc1ccc(-c2n[nH]c(=S)n2/N=C/c2cc(Br)ccc2O)cc1. The molecule has 3 rings (SSSR count). The van der Waals surface area contributed by atoms with Crippen molar-refractivity contribution in [2.24, 2.45) is 5.10 Å². The van der Waals surface area contributed by atoms with Crippen molar-refractivity contribution < 1.29 is 5.11 Å². The third-order valence-corrected chi connectivity index (χ3v) is 4.02. The minimum absolute atomic E-state index is 0.142. The van der Waals surface area contributed by atoms with Gasteiger partial charge in [-0.25, -0.2) is 5.10 Å². The molecule has 1 aromatic heterocycles. The largest absolute Gasteiger partial charge is 0.507 e. The van der Waals surface area contributed by atoms with Gasteiger partial charge >= 0.3 is 0 Å². The number of aromatic hydroxyl groups is 1. The summed E-state index contributed by atoms with van der Waals surface area (Å²) in [6.07, 6.45) is 1.54. The van der Waals surface area contributed by atoms with E-state index in [1.54, 1.807) is 24.4 Å². The second-order valence-corrected chi connectivity index (χ2v) is 6.28. The Balaban J connectivity index is 2.02. The van der Waals surface area contributed by atoms with Gasteiger partial charge in [0.1, 0.15) is 5.75 Å². The highest BCUT2D eigenvalue weighted by Crippen LogP contribution is 2.21. The Morgan fingerprint density at radius 2 is 2.00 bits per heavy atom. The number of aryl methyl sites for hydroxylation is 1. The van der Waals surface area contributed by atoms with E-state index in [1.165, 1.54) is 4.68 Å². The van der Waals surface area contributed by atoms with Crippen molar-refractivity contribution in [1.82, 2.24) is 14.9 Å². The maximum Gasteiger partial charge on any atom is 0.216 e. The molecule has 0 unspecified atom stereocenters. The van der Waals surface area contributed by atoms with Crippen molar-refractivity contribution in [3.05, 3.63) is 62.8 Å². The van der Waals surface area contributed by atoms with E-state index in [-0.39, 0.29) is 5.75 Å². The van der Waals surface area contributed by atoms with E-state index >= 15 is 0 Å². The normalized spacial score (nSPS) is 11.2. The summed E-state index contributed by atoms with van der Waals surface area (Å²) >= 11 is 8.60. The zero-order valence-electron chi connectivity index (χ0n) is 12.2. The van der Waals surface area contributed by atoms with Gasteiger partial charge in [-0.1, -0.05) is 45.8 Å². The first-order valence-corrected chi connectivity index (χ1v) is 8.02. The van der Waals surface area contributed by atoms with Crippen LogP contribution in [0.15, 0.2) is 52.0 Å². The number of nitrogens with one attached hydrogen (secondary N) is 1. The second kappa shape index (κ2) is 6.47. The summed E-state index contributed by atoms with van der Waals surface area (Å²) in [6, 6.07) is 13.1. The number of halogens is 1. The van der Waals surface area contributed by atoms with E-state index in [9.17, 15) is 5.11 Å². The Bertz CT molecular complexity index is 928. The average molecular weight is 389 g/mol. The molecule has 5 nitrogen and oxygen atoms in total. The molecule has 0 aliphatic heterocycles. The molecule has 0 saturated carbocycles. The first kappa shape index (κ1) is 15.6. The van der Waals surface area contributed by atoms with Crippen LogP contribution in [-0.2, 0) is 0 Å². The molecule has 3 aromatic rings. The van der Waals surface area contributed by atoms with Gasteiger partial charge < -0.3 is 5.11 Å². The molecule has 0 aliphatic rings. The number of phenolic OH excluding ortho intramolecular Hbond substituents is 1. The van der Waals surface area contributed by atoms with Crippen LogP contribution in [0.2, 0.25) is 0 Å². The van der Waals surface area contributed by atoms with Crippen molar-refractivity contribution in [2.45, 2.75) is 6.92 Å². The van der Waals surface area contributed by atoms with Crippen LogP contribution in [0.4, 0.5) is 0 Å². The number of aromatic amines is 1. The first-order valence-electron chi connectivity index (χ1n) is 6.82. The van der Waals surface area contributed by atoms with Gasteiger partial charge in [-0.05, 0) is 37.3 Å². The number of nitrogens with zero attached hydrogens (tertiary/aromatic N) is 3. The predicted octanol–water partition coefficient (Wildman–Crippen LogP) is 4.27. The highest BCUT2D eigenvalue weighted by atomic mass is 79.9. The second-order valence-electron chi connectivity index (χ2n) is 4.98. The molecule has 1 heterocycles. The minimum Gasteiger partial charge on any atom is -0.507 e. The zero-order valence-corrected chi connectivity index (χ0v) is 14.6. The molecule has 116 valence electrons. The van der Waals surface area contributed by atoms with Crippen molar-refractivity contribution in [1.29, 1.82) is 0 Å². The molecule has 0 spiro atoms. The van der Waals surface area contributed by atoms with Crippen molar-refractivity contribution in [2.75, 3.05) is 0 Å². The number of phenols is 1. The summed E-state index contributed by atoms with van der Waals surface area (Å²) in [4.78, 5) is 0. The molecule has 0 aliphatic carbocycles. The smallest absolute Gasteiger partial charge is 0.216 e. The van der Waals surface area contributed by atoms with Gasteiger partial charge in [0.05, 0.1) is 6.21 Å². The lowest BCUT2D eigenvalue weighted by Gasteiger charge is -2.02. The van der Waals surface area contributed by atoms with Gasteiger partial charge in [0, 0.05) is 15.6 Å². The molecule has 0 fully saturated rings. The topological polar surface area (TPSA) is 66.2 Å². The quantitative estimate of drug-likeness (QED) is 0.520. The molecule has 0 saturated heterocycles. The van der Waals surface area contributed by atoms with E-state index in [0.717, 1.165) is 15.6 Å².